The summed E-state index contributed by atoms with van der Waals surface area (Å²) in [5.41, 5.74) is 6.45. The highest BCUT2D eigenvalue weighted by atomic mass is 35.5. The zero-order chi connectivity index (χ0) is 13.1. The number of benzene rings is 1. The second-order valence-electron chi connectivity index (χ2n) is 4.10. The first kappa shape index (κ1) is 13.3. The van der Waals surface area contributed by atoms with Crippen LogP contribution >= 0.6 is 23.2 Å². The summed E-state index contributed by atoms with van der Waals surface area (Å²) >= 11 is 11.9. The van der Waals surface area contributed by atoms with E-state index in [4.69, 9.17) is 33.5 Å². The first-order valence-electron chi connectivity index (χ1n) is 5.56. The van der Waals surface area contributed by atoms with Crippen LogP contribution in [0.1, 0.15) is 30.1 Å². The smallest absolute Gasteiger partial charge is 0.230 e. The van der Waals surface area contributed by atoms with Gasteiger partial charge in [-0.05, 0) is 17.7 Å². The topological polar surface area (TPSA) is 64.9 Å². The second-order valence-corrected chi connectivity index (χ2v) is 4.94. The lowest BCUT2D eigenvalue weighted by Gasteiger charge is -2.01. The Morgan fingerprint density at radius 2 is 2.17 bits per heavy atom. The Kier molecular flexibility index (Phi) is 4.22. The molecule has 1 aromatic heterocycles. The van der Waals surface area contributed by atoms with Crippen LogP contribution in [0.25, 0.3) is 0 Å². The Balaban J connectivity index is 2.16. The van der Waals surface area contributed by atoms with Gasteiger partial charge in [-0.25, -0.2) is 0 Å². The van der Waals surface area contributed by atoms with Gasteiger partial charge >= 0.3 is 0 Å². The molecule has 96 valence electrons. The number of aromatic nitrogens is 2. The van der Waals surface area contributed by atoms with E-state index in [9.17, 15) is 0 Å². The molecule has 2 rings (SSSR count). The number of halogens is 2. The Hall–Kier alpha value is -1.10. The van der Waals surface area contributed by atoms with Gasteiger partial charge in [-0.2, -0.15) is 4.98 Å². The van der Waals surface area contributed by atoms with Gasteiger partial charge in [0.2, 0.25) is 5.89 Å². The highest BCUT2D eigenvalue weighted by molar-refractivity contribution is 6.35. The van der Waals surface area contributed by atoms with Crippen LogP contribution in [-0.4, -0.2) is 16.7 Å². The molecule has 18 heavy (non-hydrogen) atoms. The lowest BCUT2D eigenvalue weighted by Crippen LogP contribution is -2.09. The van der Waals surface area contributed by atoms with E-state index in [1.54, 1.807) is 12.1 Å². The van der Waals surface area contributed by atoms with Gasteiger partial charge in [-0.3, -0.25) is 0 Å². The molecular weight excluding hydrogens is 273 g/mol. The fraction of sp³-hybridized carbons (Fsp3) is 0.333. The van der Waals surface area contributed by atoms with Gasteiger partial charge in [0.05, 0.1) is 0 Å². The molecule has 0 amide bonds. The molecule has 0 radical (unpaired) electrons. The molecule has 2 aromatic rings. The van der Waals surface area contributed by atoms with Gasteiger partial charge in [0.15, 0.2) is 5.82 Å². The summed E-state index contributed by atoms with van der Waals surface area (Å²) in [6.07, 6.45) is 0.511. The van der Waals surface area contributed by atoms with Crippen molar-refractivity contribution in [3.8, 4) is 0 Å². The number of hydrogen-bond acceptors (Lipinski definition) is 4. The Morgan fingerprint density at radius 3 is 2.83 bits per heavy atom. The van der Waals surface area contributed by atoms with E-state index >= 15 is 0 Å². The van der Waals surface area contributed by atoms with Crippen molar-refractivity contribution in [2.24, 2.45) is 5.73 Å². The third-order valence-electron chi connectivity index (χ3n) is 2.62. The summed E-state index contributed by atoms with van der Waals surface area (Å²) in [6.45, 7) is 2.41. The van der Waals surface area contributed by atoms with Crippen molar-refractivity contribution in [3.63, 3.8) is 0 Å². The summed E-state index contributed by atoms with van der Waals surface area (Å²) in [7, 11) is 0. The van der Waals surface area contributed by atoms with E-state index in [1.165, 1.54) is 0 Å². The van der Waals surface area contributed by atoms with Crippen LogP contribution < -0.4 is 5.73 Å². The summed E-state index contributed by atoms with van der Waals surface area (Å²) in [5, 5.41) is 5.11. The fourth-order valence-electron chi connectivity index (χ4n) is 1.48. The lowest BCUT2D eigenvalue weighted by molar-refractivity contribution is 0.357. The Labute approximate surface area is 115 Å². The molecule has 1 unspecified atom stereocenters. The Morgan fingerprint density at radius 1 is 1.39 bits per heavy atom. The van der Waals surface area contributed by atoms with Crippen LogP contribution in [0.3, 0.4) is 0 Å². The predicted molar refractivity (Wildman–Crippen MR) is 71.0 cm³/mol. The minimum absolute atomic E-state index is 0.0620. The van der Waals surface area contributed by atoms with Crippen molar-refractivity contribution in [2.75, 3.05) is 6.54 Å². The first-order valence-corrected chi connectivity index (χ1v) is 6.32. The molecule has 1 atom stereocenters. The van der Waals surface area contributed by atoms with Gasteiger partial charge in [-0.1, -0.05) is 41.3 Å². The van der Waals surface area contributed by atoms with Crippen LogP contribution in [0.2, 0.25) is 10.0 Å². The van der Waals surface area contributed by atoms with E-state index in [2.05, 4.69) is 10.1 Å². The molecule has 0 fully saturated rings. The summed E-state index contributed by atoms with van der Waals surface area (Å²) < 4.78 is 5.14. The maximum atomic E-state index is 6.09. The first-order chi connectivity index (χ1) is 8.60. The van der Waals surface area contributed by atoms with Crippen LogP contribution in [0.5, 0.6) is 0 Å². The highest BCUT2D eigenvalue weighted by Gasteiger charge is 2.13. The van der Waals surface area contributed by atoms with Crippen molar-refractivity contribution in [2.45, 2.75) is 19.3 Å². The van der Waals surface area contributed by atoms with Gasteiger partial charge in [-0.15, -0.1) is 0 Å². The average Bonchev–Trinajstić information content (AvgIpc) is 2.80. The third-order valence-corrected chi connectivity index (χ3v) is 3.21. The van der Waals surface area contributed by atoms with Crippen molar-refractivity contribution < 1.29 is 4.52 Å². The Bertz CT molecular complexity index is 542. The zero-order valence-corrected chi connectivity index (χ0v) is 11.4. The predicted octanol–water partition coefficient (Wildman–Crippen LogP) is 3.03. The van der Waals surface area contributed by atoms with E-state index in [1.807, 2.05) is 13.0 Å². The molecule has 0 aliphatic heterocycles. The quantitative estimate of drug-likeness (QED) is 0.938. The van der Waals surface area contributed by atoms with Crippen LogP contribution in [0, 0.1) is 0 Å². The standard InChI is InChI=1S/C12H13Cl2N3O/c1-7(6-15)12-16-11(17-18-12)4-8-2-3-9(13)5-10(8)14/h2-3,5,7H,4,6,15H2,1H3. The molecule has 0 spiro atoms. The molecule has 6 heteroatoms. The van der Waals surface area contributed by atoms with Gasteiger partial charge in [0, 0.05) is 28.9 Å². The van der Waals surface area contributed by atoms with E-state index in [-0.39, 0.29) is 5.92 Å². The number of rotatable bonds is 4. The molecule has 0 bridgehead atoms. The van der Waals surface area contributed by atoms with Crippen LogP contribution in [0.4, 0.5) is 0 Å². The fourth-order valence-corrected chi connectivity index (χ4v) is 1.95. The maximum Gasteiger partial charge on any atom is 0.230 e. The average molecular weight is 286 g/mol. The third kappa shape index (κ3) is 3.02. The van der Waals surface area contributed by atoms with Crippen molar-refractivity contribution >= 4 is 23.2 Å². The molecule has 0 saturated carbocycles. The molecular formula is C12H13Cl2N3O. The summed E-state index contributed by atoms with van der Waals surface area (Å²) in [5.74, 6) is 1.21. The summed E-state index contributed by atoms with van der Waals surface area (Å²) in [4.78, 5) is 4.29. The SMILES string of the molecule is CC(CN)c1nc(Cc2ccc(Cl)cc2Cl)no1. The van der Waals surface area contributed by atoms with E-state index < -0.39 is 0 Å². The van der Waals surface area contributed by atoms with Crippen molar-refractivity contribution in [3.05, 3.63) is 45.5 Å². The van der Waals surface area contributed by atoms with Gasteiger partial charge < -0.3 is 10.3 Å². The van der Waals surface area contributed by atoms with Gasteiger partial charge in [0.25, 0.3) is 0 Å². The molecule has 4 nitrogen and oxygen atoms in total. The summed E-state index contributed by atoms with van der Waals surface area (Å²) in [6, 6.07) is 5.33. The normalized spacial score (nSPS) is 12.7. The zero-order valence-electron chi connectivity index (χ0n) is 9.86. The minimum Gasteiger partial charge on any atom is -0.339 e. The van der Waals surface area contributed by atoms with Crippen molar-refractivity contribution in [1.29, 1.82) is 0 Å². The molecule has 0 saturated heterocycles. The number of hydrogen-bond donors (Lipinski definition) is 1. The van der Waals surface area contributed by atoms with Gasteiger partial charge in [0.1, 0.15) is 0 Å². The monoisotopic (exact) mass is 285 g/mol. The second kappa shape index (κ2) is 5.69. The minimum atomic E-state index is 0.0620. The number of nitrogens with zero attached hydrogens (tertiary/aromatic N) is 2. The largest absolute Gasteiger partial charge is 0.339 e. The highest BCUT2D eigenvalue weighted by Crippen LogP contribution is 2.23. The van der Waals surface area contributed by atoms with E-state index in [0.717, 1.165) is 5.56 Å². The van der Waals surface area contributed by atoms with E-state index in [0.29, 0.717) is 34.7 Å². The molecule has 2 N–H and O–H groups in total. The molecule has 0 aliphatic rings. The van der Waals surface area contributed by atoms with Crippen LogP contribution in [-0.2, 0) is 6.42 Å². The lowest BCUT2D eigenvalue weighted by atomic mass is 10.1. The molecule has 1 heterocycles. The molecule has 1 aromatic carbocycles. The molecule has 0 aliphatic carbocycles. The maximum absolute atomic E-state index is 6.09. The van der Waals surface area contributed by atoms with Crippen molar-refractivity contribution in [1.82, 2.24) is 10.1 Å². The van der Waals surface area contributed by atoms with Crippen LogP contribution in [0.15, 0.2) is 22.7 Å². The number of nitrogens with two attached hydrogens (primary N) is 1.